The quantitative estimate of drug-likeness (QED) is 0.514. The van der Waals surface area contributed by atoms with Crippen molar-refractivity contribution < 1.29 is 9.59 Å². The van der Waals surface area contributed by atoms with Gasteiger partial charge in [0.2, 0.25) is 11.8 Å². The highest BCUT2D eigenvalue weighted by molar-refractivity contribution is 5.95. The van der Waals surface area contributed by atoms with Crippen molar-refractivity contribution in [1.29, 1.82) is 0 Å². The molecule has 3 heterocycles. The van der Waals surface area contributed by atoms with Crippen LogP contribution >= 0.6 is 0 Å². The van der Waals surface area contributed by atoms with Crippen molar-refractivity contribution in [3.8, 4) is 0 Å². The van der Waals surface area contributed by atoms with E-state index >= 15 is 0 Å². The number of fused-ring (bicyclic) bond motifs is 2. The van der Waals surface area contributed by atoms with E-state index < -0.39 is 5.41 Å². The molecule has 3 fully saturated rings. The van der Waals surface area contributed by atoms with Crippen molar-refractivity contribution in [2.75, 3.05) is 32.7 Å². The third kappa shape index (κ3) is 4.57. The van der Waals surface area contributed by atoms with Crippen molar-refractivity contribution >= 4 is 11.8 Å². The second kappa shape index (κ2) is 10.1. The summed E-state index contributed by atoms with van der Waals surface area (Å²) in [6, 6.07) is 31.2. The minimum atomic E-state index is -0.742. The summed E-state index contributed by atoms with van der Waals surface area (Å²) in [5.74, 6) is 0.646. The fourth-order valence-electron chi connectivity index (χ4n) is 6.84. The lowest BCUT2D eigenvalue weighted by atomic mass is 9.68. The van der Waals surface area contributed by atoms with E-state index in [0.29, 0.717) is 18.5 Å². The van der Waals surface area contributed by atoms with E-state index in [2.05, 4.69) is 59.5 Å². The molecular weight excluding hydrogens is 458 g/mol. The highest BCUT2D eigenvalue weighted by Crippen LogP contribution is 2.41. The highest BCUT2D eigenvalue weighted by Gasteiger charge is 2.47. The summed E-state index contributed by atoms with van der Waals surface area (Å²) in [6.45, 7) is 4.32. The number of rotatable bonds is 6. The molecule has 6 rings (SSSR count). The molecule has 5 nitrogen and oxygen atoms in total. The molecule has 0 aromatic heterocycles. The maximum atomic E-state index is 14.2. The molecule has 0 N–H and O–H groups in total. The lowest BCUT2D eigenvalue weighted by Crippen LogP contribution is -2.56. The molecule has 190 valence electrons. The van der Waals surface area contributed by atoms with Gasteiger partial charge in [0.1, 0.15) is 0 Å². The number of nitrogens with zero attached hydrogens (tertiary/aromatic N) is 3. The number of amides is 2. The molecule has 37 heavy (non-hydrogen) atoms. The SMILES string of the molecule is O=C(CN1CCCC(c2ccccc2)(c2ccccc2)C1=O)N1C[C@H]2C[C@@H](C1)N(Cc1ccccc1)C2. The van der Waals surface area contributed by atoms with Gasteiger partial charge >= 0.3 is 0 Å². The fraction of sp³-hybridized carbons (Fsp3) is 0.375. The van der Waals surface area contributed by atoms with Crippen LogP contribution in [0.15, 0.2) is 91.0 Å². The molecule has 0 spiro atoms. The molecule has 0 saturated carbocycles. The summed E-state index contributed by atoms with van der Waals surface area (Å²) in [6.07, 6.45) is 2.79. The van der Waals surface area contributed by atoms with Gasteiger partial charge in [0.15, 0.2) is 0 Å². The number of hydrogen-bond acceptors (Lipinski definition) is 3. The maximum absolute atomic E-state index is 14.2. The lowest BCUT2D eigenvalue weighted by Gasteiger charge is -2.43. The summed E-state index contributed by atoms with van der Waals surface area (Å²) in [5, 5.41) is 0. The van der Waals surface area contributed by atoms with Crippen LogP contribution in [0.4, 0.5) is 0 Å². The van der Waals surface area contributed by atoms with E-state index in [1.165, 1.54) is 5.56 Å². The average molecular weight is 494 g/mol. The van der Waals surface area contributed by atoms with Crippen LogP contribution < -0.4 is 0 Å². The van der Waals surface area contributed by atoms with E-state index in [1.54, 1.807) is 0 Å². The van der Waals surface area contributed by atoms with Crippen LogP contribution in [0.5, 0.6) is 0 Å². The minimum absolute atomic E-state index is 0.0511. The van der Waals surface area contributed by atoms with Gasteiger partial charge in [-0.15, -0.1) is 0 Å². The number of benzene rings is 3. The van der Waals surface area contributed by atoms with Crippen LogP contribution in [0.1, 0.15) is 36.0 Å². The summed E-state index contributed by atoms with van der Waals surface area (Å²) in [7, 11) is 0. The average Bonchev–Trinajstić information content (AvgIpc) is 3.23. The van der Waals surface area contributed by atoms with E-state index in [0.717, 1.165) is 56.6 Å². The number of piperidine rings is 2. The fourth-order valence-corrected chi connectivity index (χ4v) is 6.84. The number of hydrogen-bond donors (Lipinski definition) is 0. The van der Waals surface area contributed by atoms with Crippen molar-refractivity contribution in [2.45, 2.75) is 37.3 Å². The Labute approximate surface area is 219 Å². The first kappa shape index (κ1) is 23.9. The van der Waals surface area contributed by atoms with Gasteiger partial charge in [0.05, 0.1) is 12.0 Å². The largest absolute Gasteiger partial charge is 0.339 e. The van der Waals surface area contributed by atoms with Crippen molar-refractivity contribution in [1.82, 2.24) is 14.7 Å². The van der Waals surface area contributed by atoms with Crippen molar-refractivity contribution in [3.05, 3.63) is 108 Å². The van der Waals surface area contributed by atoms with Crippen molar-refractivity contribution in [2.24, 2.45) is 5.92 Å². The predicted molar refractivity (Wildman–Crippen MR) is 145 cm³/mol. The van der Waals surface area contributed by atoms with Crippen LogP contribution in [0.2, 0.25) is 0 Å². The molecule has 0 aliphatic carbocycles. The first-order chi connectivity index (χ1) is 18.1. The Hall–Kier alpha value is -3.44. The molecule has 2 amide bonds. The number of carbonyl (C=O) groups is 2. The van der Waals surface area contributed by atoms with Crippen LogP contribution in [0.3, 0.4) is 0 Å². The van der Waals surface area contributed by atoms with Gasteiger partial charge in [-0.2, -0.15) is 0 Å². The first-order valence-corrected chi connectivity index (χ1v) is 13.6. The number of carbonyl (C=O) groups excluding carboxylic acids is 2. The van der Waals surface area contributed by atoms with E-state index in [9.17, 15) is 9.59 Å². The molecule has 5 heteroatoms. The monoisotopic (exact) mass is 493 g/mol. The molecule has 0 radical (unpaired) electrons. The zero-order chi connectivity index (χ0) is 25.2. The van der Waals surface area contributed by atoms with Gasteiger partial charge in [-0.05, 0) is 41.9 Å². The molecule has 3 aliphatic heterocycles. The molecule has 2 atom stereocenters. The summed E-state index contributed by atoms with van der Waals surface area (Å²) in [4.78, 5) is 34.2. The summed E-state index contributed by atoms with van der Waals surface area (Å²) < 4.78 is 0. The maximum Gasteiger partial charge on any atom is 0.242 e. The summed E-state index contributed by atoms with van der Waals surface area (Å²) in [5.41, 5.74) is 2.60. The molecule has 0 unspecified atom stereocenters. The third-order valence-electron chi connectivity index (χ3n) is 8.60. The van der Waals surface area contributed by atoms with E-state index in [4.69, 9.17) is 0 Å². The smallest absolute Gasteiger partial charge is 0.242 e. The molecule has 3 saturated heterocycles. The molecule has 3 aliphatic rings. The normalized spacial score (nSPS) is 23.3. The highest BCUT2D eigenvalue weighted by atomic mass is 16.2. The van der Waals surface area contributed by atoms with Gasteiger partial charge in [0, 0.05) is 38.8 Å². The molecule has 3 aromatic carbocycles. The molecule has 2 bridgehead atoms. The predicted octanol–water partition coefficient (Wildman–Crippen LogP) is 4.33. The first-order valence-electron chi connectivity index (χ1n) is 13.6. The second-order valence-electron chi connectivity index (χ2n) is 10.9. The van der Waals surface area contributed by atoms with Gasteiger partial charge in [0.25, 0.3) is 0 Å². The molecular formula is C32H35N3O2. The van der Waals surface area contributed by atoms with Crippen molar-refractivity contribution in [3.63, 3.8) is 0 Å². The van der Waals surface area contributed by atoms with Crippen LogP contribution in [0.25, 0.3) is 0 Å². The Morgan fingerprint density at radius 3 is 2.08 bits per heavy atom. The van der Waals surface area contributed by atoms with Gasteiger partial charge in [-0.3, -0.25) is 14.5 Å². The minimum Gasteiger partial charge on any atom is -0.339 e. The zero-order valence-electron chi connectivity index (χ0n) is 21.3. The Morgan fingerprint density at radius 1 is 0.811 bits per heavy atom. The van der Waals surface area contributed by atoms with Crippen LogP contribution in [-0.4, -0.2) is 65.3 Å². The van der Waals surface area contributed by atoms with E-state index in [-0.39, 0.29) is 18.4 Å². The Bertz CT molecular complexity index is 1190. The third-order valence-corrected chi connectivity index (χ3v) is 8.60. The van der Waals surface area contributed by atoms with E-state index in [1.807, 2.05) is 46.2 Å². The summed E-state index contributed by atoms with van der Waals surface area (Å²) >= 11 is 0. The van der Waals surface area contributed by atoms with Gasteiger partial charge < -0.3 is 9.80 Å². The van der Waals surface area contributed by atoms with Gasteiger partial charge in [-0.1, -0.05) is 91.0 Å². The van der Waals surface area contributed by atoms with Gasteiger partial charge in [-0.25, -0.2) is 0 Å². The van der Waals surface area contributed by atoms with Crippen LogP contribution in [-0.2, 0) is 21.5 Å². The zero-order valence-corrected chi connectivity index (χ0v) is 21.3. The topological polar surface area (TPSA) is 43.9 Å². The Balaban J connectivity index is 1.18. The Morgan fingerprint density at radius 2 is 1.43 bits per heavy atom. The number of likely N-dealkylation sites (tertiary alicyclic amines) is 3. The standard InChI is InChI=1S/C32H35N3O2/c36-30(35-22-26-19-29(23-35)34(21-26)20-25-11-4-1-5-12-25)24-33-18-10-17-32(31(33)37,27-13-6-2-7-14-27)28-15-8-3-9-16-28/h1-9,11-16,26,29H,10,17-24H2/t26-,29-/m0/s1. The van der Waals surface area contributed by atoms with Crippen LogP contribution in [0, 0.1) is 5.92 Å². The Kier molecular flexibility index (Phi) is 6.56. The lowest BCUT2D eigenvalue weighted by molar-refractivity contribution is -0.146. The molecule has 3 aromatic rings. The second-order valence-corrected chi connectivity index (χ2v) is 10.9.